The summed E-state index contributed by atoms with van der Waals surface area (Å²) in [5.74, 6) is -0.359. The number of rotatable bonds is 4. The van der Waals surface area contributed by atoms with Crippen molar-refractivity contribution in [3.63, 3.8) is 0 Å². The van der Waals surface area contributed by atoms with Crippen molar-refractivity contribution in [2.45, 2.75) is 24.9 Å². The Morgan fingerprint density at radius 3 is 2.72 bits per heavy atom. The van der Waals surface area contributed by atoms with E-state index in [1.807, 2.05) is 24.4 Å². The summed E-state index contributed by atoms with van der Waals surface area (Å²) in [6, 6.07) is 9.01. The molecule has 7 heteroatoms. The molecule has 1 aromatic carbocycles. The molecule has 3 rings (SSSR count). The van der Waals surface area contributed by atoms with Crippen LogP contribution in [0.5, 0.6) is 0 Å². The van der Waals surface area contributed by atoms with Gasteiger partial charge >= 0.3 is 0 Å². The van der Waals surface area contributed by atoms with Crippen LogP contribution in [0.1, 0.15) is 29.6 Å². The van der Waals surface area contributed by atoms with Crippen LogP contribution in [0, 0.1) is 0 Å². The fraction of sp³-hybridized carbons (Fsp3) is 0.389. The van der Waals surface area contributed by atoms with E-state index in [2.05, 4.69) is 10.4 Å². The number of benzene rings is 1. The standard InChI is InChI=1S/C18H22N4O3/c1-19-16(23)12-18(25)8-2-10-21(13-18)17(24)14-4-6-15(7-5-14)22-11-3-9-20-22/h3-7,9,11,25H,2,8,10,12-13H2,1H3,(H,19,23). The van der Waals surface area contributed by atoms with Gasteiger partial charge in [0.15, 0.2) is 0 Å². The van der Waals surface area contributed by atoms with Gasteiger partial charge in [0, 0.05) is 31.5 Å². The highest BCUT2D eigenvalue weighted by Crippen LogP contribution is 2.26. The van der Waals surface area contributed by atoms with Gasteiger partial charge in [0.25, 0.3) is 5.91 Å². The third kappa shape index (κ3) is 3.88. The summed E-state index contributed by atoms with van der Waals surface area (Å²) in [5.41, 5.74) is 0.264. The second-order valence-electron chi connectivity index (χ2n) is 6.40. The van der Waals surface area contributed by atoms with Crippen LogP contribution >= 0.6 is 0 Å². The molecule has 1 unspecified atom stereocenters. The van der Waals surface area contributed by atoms with Crippen LogP contribution in [-0.2, 0) is 4.79 Å². The van der Waals surface area contributed by atoms with Gasteiger partial charge in [-0.1, -0.05) is 0 Å². The van der Waals surface area contributed by atoms with Gasteiger partial charge in [-0.25, -0.2) is 4.68 Å². The molecule has 132 valence electrons. The number of hydrogen-bond donors (Lipinski definition) is 2. The zero-order chi connectivity index (χ0) is 17.9. The van der Waals surface area contributed by atoms with Crippen LogP contribution in [0.2, 0.25) is 0 Å². The molecule has 1 atom stereocenters. The number of carbonyl (C=O) groups is 2. The first kappa shape index (κ1) is 17.2. The Hall–Kier alpha value is -2.67. The first-order valence-electron chi connectivity index (χ1n) is 8.33. The van der Waals surface area contributed by atoms with Gasteiger partial charge in [0.2, 0.25) is 5.91 Å². The molecule has 0 saturated carbocycles. The average molecular weight is 342 g/mol. The van der Waals surface area contributed by atoms with E-state index in [1.165, 1.54) is 0 Å². The first-order valence-corrected chi connectivity index (χ1v) is 8.33. The second kappa shape index (κ2) is 7.06. The molecule has 1 aliphatic heterocycles. The lowest BCUT2D eigenvalue weighted by atomic mass is 9.89. The molecule has 0 aliphatic carbocycles. The summed E-state index contributed by atoms with van der Waals surface area (Å²) in [6.45, 7) is 0.746. The maximum Gasteiger partial charge on any atom is 0.253 e. The number of carbonyl (C=O) groups excluding carboxylic acids is 2. The Balaban J connectivity index is 1.71. The quantitative estimate of drug-likeness (QED) is 0.867. The predicted molar refractivity (Wildman–Crippen MR) is 92.3 cm³/mol. The summed E-state index contributed by atoms with van der Waals surface area (Å²) in [7, 11) is 1.54. The van der Waals surface area contributed by atoms with E-state index < -0.39 is 5.60 Å². The summed E-state index contributed by atoms with van der Waals surface area (Å²) in [4.78, 5) is 26.0. The van der Waals surface area contributed by atoms with E-state index in [4.69, 9.17) is 0 Å². The largest absolute Gasteiger partial charge is 0.388 e. The van der Waals surface area contributed by atoms with Gasteiger partial charge in [-0.2, -0.15) is 5.10 Å². The Bertz CT molecular complexity index is 742. The number of hydrogen-bond acceptors (Lipinski definition) is 4. The van der Waals surface area contributed by atoms with Crippen molar-refractivity contribution in [3.8, 4) is 5.69 Å². The maximum absolute atomic E-state index is 12.7. The monoisotopic (exact) mass is 342 g/mol. The van der Waals surface area contributed by atoms with Gasteiger partial charge in [0.1, 0.15) is 0 Å². The van der Waals surface area contributed by atoms with Crippen LogP contribution in [0.15, 0.2) is 42.7 Å². The number of nitrogens with one attached hydrogen (secondary N) is 1. The molecular weight excluding hydrogens is 320 g/mol. The minimum absolute atomic E-state index is 0.00547. The number of aromatic nitrogens is 2. The van der Waals surface area contributed by atoms with E-state index in [9.17, 15) is 14.7 Å². The number of piperidine rings is 1. The minimum Gasteiger partial charge on any atom is -0.388 e. The highest BCUT2D eigenvalue weighted by atomic mass is 16.3. The third-order valence-corrected chi connectivity index (χ3v) is 4.49. The minimum atomic E-state index is -1.16. The smallest absolute Gasteiger partial charge is 0.253 e. The lowest BCUT2D eigenvalue weighted by molar-refractivity contribution is -0.127. The predicted octanol–water partition coefficient (Wildman–Crippen LogP) is 0.975. The van der Waals surface area contributed by atoms with Crippen molar-refractivity contribution in [3.05, 3.63) is 48.3 Å². The van der Waals surface area contributed by atoms with Crippen molar-refractivity contribution in [1.82, 2.24) is 20.0 Å². The van der Waals surface area contributed by atoms with E-state index in [0.717, 1.165) is 5.69 Å². The molecule has 2 amide bonds. The molecule has 2 heterocycles. The summed E-state index contributed by atoms with van der Waals surface area (Å²) in [6.07, 6.45) is 4.72. The molecule has 0 radical (unpaired) electrons. The fourth-order valence-corrected chi connectivity index (χ4v) is 3.18. The average Bonchev–Trinajstić information content (AvgIpc) is 3.15. The SMILES string of the molecule is CNC(=O)CC1(O)CCCN(C(=O)c2ccc(-n3cccn3)cc2)C1. The first-order chi connectivity index (χ1) is 12.0. The van der Waals surface area contributed by atoms with Crippen LogP contribution in [0.4, 0.5) is 0 Å². The number of nitrogens with zero attached hydrogens (tertiary/aromatic N) is 3. The summed E-state index contributed by atoms with van der Waals surface area (Å²) >= 11 is 0. The van der Waals surface area contributed by atoms with Gasteiger partial charge in [-0.3, -0.25) is 9.59 Å². The zero-order valence-corrected chi connectivity index (χ0v) is 14.2. The van der Waals surface area contributed by atoms with Crippen LogP contribution in [0.25, 0.3) is 5.69 Å². The topological polar surface area (TPSA) is 87.5 Å². The van der Waals surface area contributed by atoms with Crippen molar-refractivity contribution >= 4 is 11.8 Å². The Kier molecular flexibility index (Phi) is 4.85. The zero-order valence-electron chi connectivity index (χ0n) is 14.2. The second-order valence-corrected chi connectivity index (χ2v) is 6.40. The molecule has 1 aliphatic rings. The lowest BCUT2D eigenvalue weighted by Crippen LogP contribution is -2.52. The maximum atomic E-state index is 12.7. The highest BCUT2D eigenvalue weighted by molar-refractivity contribution is 5.94. The lowest BCUT2D eigenvalue weighted by Gasteiger charge is -2.38. The summed E-state index contributed by atoms with van der Waals surface area (Å²) in [5, 5.41) is 17.3. The van der Waals surface area contributed by atoms with Gasteiger partial charge in [-0.15, -0.1) is 0 Å². The molecule has 1 fully saturated rings. The molecule has 25 heavy (non-hydrogen) atoms. The van der Waals surface area contributed by atoms with Crippen LogP contribution < -0.4 is 5.32 Å². The van der Waals surface area contributed by atoms with E-state index in [1.54, 1.807) is 35.0 Å². The third-order valence-electron chi connectivity index (χ3n) is 4.49. The van der Waals surface area contributed by atoms with Gasteiger partial charge < -0.3 is 15.3 Å². The van der Waals surface area contributed by atoms with Crippen molar-refractivity contribution in [1.29, 1.82) is 0 Å². The van der Waals surface area contributed by atoms with Gasteiger partial charge in [0.05, 0.1) is 24.3 Å². The molecule has 1 aromatic heterocycles. The number of aliphatic hydroxyl groups is 1. The Morgan fingerprint density at radius 1 is 1.32 bits per heavy atom. The highest BCUT2D eigenvalue weighted by Gasteiger charge is 2.37. The molecular formula is C18H22N4O3. The van der Waals surface area contributed by atoms with Gasteiger partial charge in [-0.05, 0) is 43.2 Å². The van der Waals surface area contributed by atoms with Crippen molar-refractivity contribution in [2.24, 2.45) is 0 Å². The van der Waals surface area contributed by atoms with E-state index in [0.29, 0.717) is 24.9 Å². The normalized spacial score (nSPS) is 20.3. The molecule has 2 aromatic rings. The molecule has 0 bridgehead atoms. The Labute approximate surface area is 146 Å². The molecule has 0 spiro atoms. The van der Waals surface area contributed by atoms with Crippen LogP contribution in [0.3, 0.4) is 0 Å². The van der Waals surface area contributed by atoms with E-state index >= 15 is 0 Å². The molecule has 7 nitrogen and oxygen atoms in total. The van der Waals surface area contributed by atoms with Crippen molar-refractivity contribution < 1.29 is 14.7 Å². The number of likely N-dealkylation sites (tertiary alicyclic amines) is 1. The summed E-state index contributed by atoms with van der Waals surface area (Å²) < 4.78 is 1.72. The van der Waals surface area contributed by atoms with E-state index in [-0.39, 0.29) is 24.8 Å². The van der Waals surface area contributed by atoms with Crippen LogP contribution in [-0.4, -0.2) is 57.3 Å². The number of amides is 2. The molecule has 1 saturated heterocycles. The fourth-order valence-electron chi connectivity index (χ4n) is 3.18. The molecule has 2 N–H and O–H groups in total. The van der Waals surface area contributed by atoms with Crippen molar-refractivity contribution in [2.75, 3.05) is 20.1 Å². The Morgan fingerprint density at radius 2 is 2.08 bits per heavy atom. The number of β-amino-alcohol motifs (C(OH)–C–C–N with tert-alkyl or cyclic N) is 1.